The molecule has 1 aromatic rings. The van der Waals surface area contributed by atoms with Crippen LogP contribution in [0.2, 0.25) is 0 Å². The van der Waals surface area contributed by atoms with Crippen molar-refractivity contribution in [2.24, 2.45) is 5.92 Å². The van der Waals surface area contributed by atoms with Gasteiger partial charge in [0.2, 0.25) is 23.5 Å². The highest BCUT2D eigenvalue weighted by Gasteiger charge is 2.43. The van der Waals surface area contributed by atoms with Gasteiger partial charge >= 0.3 is 0 Å². The lowest BCUT2D eigenvalue weighted by Gasteiger charge is -2.38. The Morgan fingerprint density at radius 1 is 0.978 bits per heavy atom. The average molecular weight is 666 g/mol. The Kier molecular flexibility index (Phi) is 16.8. The molecule has 0 radical (unpaired) electrons. The molecule has 1 aliphatic carbocycles. The number of amides is 4. The number of carbonyl (C=O) groups is 5. The number of hydrogen-bond acceptors (Lipinski definition) is 7. The summed E-state index contributed by atoms with van der Waals surface area (Å²) in [5, 5.41) is 11.5. The average Bonchev–Trinajstić information content (AvgIpc) is 3.01. The van der Waals surface area contributed by atoms with Crippen molar-refractivity contribution in [2.45, 2.75) is 114 Å². The Balaban J connectivity index is 2.16. The number of ketones is 1. The predicted octanol–water partition coefficient (Wildman–Crippen LogP) is 2.65. The molecule has 4 N–H and O–H groups in total. The molecule has 1 saturated carbocycles. The van der Waals surface area contributed by atoms with E-state index in [-0.39, 0.29) is 30.0 Å². The van der Waals surface area contributed by atoms with E-state index in [0.717, 1.165) is 49.8 Å². The van der Waals surface area contributed by atoms with Gasteiger partial charge in [-0.15, -0.1) is 0 Å². The highest BCUT2D eigenvalue weighted by molar-refractivity contribution is 7.81. The summed E-state index contributed by atoms with van der Waals surface area (Å²) in [7, 11) is 1.55. The van der Waals surface area contributed by atoms with E-state index in [1.807, 2.05) is 0 Å². The van der Waals surface area contributed by atoms with Crippen LogP contribution >= 0.6 is 12.6 Å². The number of benzene rings is 1. The molecule has 0 aromatic heterocycles. The van der Waals surface area contributed by atoms with Crippen LogP contribution in [-0.2, 0) is 43.0 Å². The molecule has 1 fully saturated rings. The number of hydrogen-bond donors (Lipinski definition) is 5. The third-order valence-electron chi connectivity index (χ3n) is 8.22. The van der Waals surface area contributed by atoms with Gasteiger partial charge in [-0.3, -0.25) is 24.0 Å². The molecule has 10 nitrogen and oxygen atoms in total. The molecule has 0 aliphatic heterocycles. The molecule has 3 atom stereocenters. The van der Waals surface area contributed by atoms with Crippen molar-refractivity contribution in [2.75, 3.05) is 19.4 Å². The highest BCUT2D eigenvalue weighted by atomic mass is 32.1. The van der Waals surface area contributed by atoms with Crippen molar-refractivity contribution in [1.29, 1.82) is 0 Å². The third-order valence-corrected chi connectivity index (χ3v) is 9.02. The molecule has 4 amide bonds. The Morgan fingerprint density at radius 2 is 1.64 bits per heavy atom. The summed E-state index contributed by atoms with van der Waals surface area (Å²) in [5.74, 6) is -1.54. The number of carbonyl (C=O) groups excluding carboxylic acids is 5. The fourth-order valence-electron chi connectivity index (χ4n) is 5.56. The molecule has 252 valence electrons. The van der Waals surface area contributed by atoms with Crippen LogP contribution in [0.25, 0.3) is 0 Å². The van der Waals surface area contributed by atoms with E-state index in [9.17, 15) is 24.0 Å². The van der Waals surface area contributed by atoms with Crippen molar-refractivity contribution in [3.05, 3.63) is 29.8 Å². The number of thiol groups is 1. The molecule has 0 saturated heterocycles. The van der Waals surface area contributed by atoms with E-state index in [1.54, 1.807) is 52.1 Å². The first kappa shape index (κ1) is 38.5. The number of rotatable bonds is 19. The minimum absolute atomic E-state index is 0.0778. The molecule has 1 unspecified atom stereocenters. The standard InChI is InChI=1S/C33H52N4O6S2/c1-5-34-31(41)29(39)26(21-23-13-15-24(43-4)16-14-23)35-30(40)28(22(2)3)36-32(42)33(18-9-6-10-19-33)37-27(38)12-8-7-11-25(45)17-20-44/h13-16,22,25-26,28,44-45H,5-12,17-21H2,1-4H3,(H,34,41)(H,35,40)(H,36,42)(H,37,38)/p+1/t25?,26-,28-/m0/s1. The minimum atomic E-state index is -1.15. The maximum absolute atomic E-state index is 13.9. The van der Waals surface area contributed by atoms with Gasteiger partial charge in [-0.1, -0.05) is 51.7 Å². The van der Waals surface area contributed by atoms with E-state index in [2.05, 4.69) is 46.5 Å². The van der Waals surface area contributed by atoms with Crippen LogP contribution in [0.5, 0.6) is 5.75 Å². The largest absolute Gasteiger partial charge is 0.497 e. The van der Waals surface area contributed by atoms with E-state index >= 15 is 0 Å². The molecule has 0 heterocycles. The van der Waals surface area contributed by atoms with Gasteiger partial charge in [0.1, 0.15) is 29.1 Å². The fraction of sp³-hybridized carbons (Fsp3) is 0.667. The van der Waals surface area contributed by atoms with Gasteiger partial charge in [-0.2, -0.15) is 12.6 Å². The quantitative estimate of drug-likeness (QED) is 0.0666. The van der Waals surface area contributed by atoms with Gasteiger partial charge in [0.25, 0.3) is 5.91 Å². The molecular weight excluding hydrogens is 613 g/mol. The zero-order valence-corrected chi connectivity index (χ0v) is 29.1. The summed E-state index contributed by atoms with van der Waals surface area (Å²) >= 11 is 8.04. The van der Waals surface area contributed by atoms with Crippen LogP contribution in [0.1, 0.15) is 90.5 Å². The van der Waals surface area contributed by atoms with Crippen LogP contribution in [-0.4, -0.2) is 71.7 Å². The molecule has 0 bridgehead atoms. The lowest BCUT2D eigenvalue weighted by Crippen LogP contribution is -2.64. The molecule has 45 heavy (non-hydrogen) atoms. The lowest BCUT2D eigenvalue weighted by atomic mass is 9.80. The van der Waals surface area contributed by atoms with Gasteiger partial charge < -0.3 is 26.0 Å². The van der Waals surface area contributed by atoms with Gasteiger partial charge in [-0.25, -0.2) is 0 Å². The van der Waals surface area contributed by atoms with Crippen LogP contribution < -0.4 is 26.0 Å². The first-order valence-corrected chi connectivity index (χ1v) is 17.4. The Hall–Kier alpha value is -2.73. The Bertz CT molecular complexity index is 1120. The summed E-state index contributed by atoms with van der Waals surface area (Å²) < 4.78 is 5.20. The molecule has 2 rings (SSSR count). The van der Waals surface area contributed by atoms with Crippen molar-refractivity contribution in [3.63, 3.8) is 0 Å². The SMILES string of the molecule is CCNC(=O)C(=O)[C@H](Cc1ccc(OC)cc1)NC(=O)[C@@H](NC(=O)C1(NC(=O)CCCCC(S)CC[SH2+])CCCCC1)C(C)C. The van der Waals surface area contributed by atoms with E-state index < -0.39 is 41.1 Å². The van der Waals surface area contributed by atoms with Gasteiger partial charge in [-0.05, 0) is 68.8 Å². The number of ether oxygens (including phenoxy) is 1. The molecule has 0 spiro atoms. The summed E-state index contributed by atoms with van der Waals surface area (Å²) in [6.45, 7) is 5.56. The van der Waals surface area contributed by atoms with Crippen LogP contribution in [0.15, 0.2) is 24.3 Å². The number of nitrogens with one attached hydrogen (secondary N) is 4. The number of Topliss-reactive ketones (excluding diaryl/α,β-unsaturated/α-hetero) is 1. The van der Waals surface area contributed by atoms with Gasteiger partial charge in [0, 0.05) is 31.1 Å². The zero-order valence-electron chi connectivity index (χ0n) is 27.2. The predicted molar refractivity (Wildman–Crippen MR) is 184 cm³/mol. The minimum Gasteiger partial charge on any atom is -0.497 e. The first-order chi connectivity index (χ1) is 21.5. The molecule has 12 heteroatoms. The fourth-order valence-corrected chi connectivity index (χ4v) is 6.46. The third kappa shape index (κ3) is 12.5. The van der Waals surface area contributed by atoms with Gasteiger partial charge in [0.05, 0.1) is 7.11 Å². The van der Waals surface area contributed by atoms with Crippen LogP contribution in [0.3, 0.4) is 0 Å². The smallest absolute Gasteiger partial charge is 0.289 e. The van der Waals surface area contributed by atoms with Crippen molar-refractivity contribution < 1.29 is 28.7 Å². The molecule has 1 aromatic carbocycles. The van der Waals surface area contributed by atoms with Gasteiger partial charge in [0.15, 0.2) is 0 Å². The topological polar surface area (TPSA) is 143 Å². The summed E-state index contributed by atoms with van der Waals surface area (Å²) in [6.07, 6.45) is 7.33. The summed E-state index contributed by atoms with van der Waals surface area (Å²) in [4.78, 5) is 66.2. The maximum Gasteiger partial charge on any atom is 0.289 e. The second-order valence-corrected chi connectivity index (χ2v) is 13.4. The summed E-state index contributed by atoms with van der Waals surface area (Å²) in [6, 6.07) is 4.87. The number of likely N-dealkylation sites (N-methyl/N-ethyl adjacent to an activating group) is 1. The maximum atomic E-state index is 13.9. The van der Waals surface area contributed by atoms with Crippen LogP contribution in [0.4, 0.5) is 0 Å². The Labute approximate surface area is 279 Å². The molecule has 1 aliphatic rings. The Morgan fingerprint density at radius 3 is 2.22 bits per heavy atom. The first-order valence-electron chi connectivity index (χ1n) is 16.2. The molecular formula is C33H53N4O6S2+. The van der Waals surface area contributed by atoms with E-state index in [0.29, 0.717) is 31.4 Å². The number of unbranched alkanes of at least 4 members (excludes halogenated alkanes) is 1. The second kappa shape index (κ2) is 19.7. The van der Waals surface area contributed by atoms with Crippen molar-refractivity contribution in [3.8, 4) is 5.75 Å². The summed E-state index contributed by atoms with van der Waals surface area (Å²) in [5.41, 5.74) is -0.384. The van der Waals surface area contributed by atoms with E-state index in [4.69, 9.17) is 4.74 Å². The monoisotopic (exact) mass is 665 g/mol. The second-order valence-electron chi connectivity index (χ2n) is 12.2. The van der Waals surface area contributed by atoms with E-state index in [1.165, 1.54) is 0 Å². The zero-order chi connectivity index (χ0) is 33.4. The van der Waals surface area contributed by atoms with Crippen molar-refractivity contribution in [1.82, 2.24) is 21.3 Å². The normalized spacial score (nSPS) is 16.2. The van der Waals surface area contributed by atoms with Crippen molar-refractivity contribution >= 4 is 54.7 Å². The number of methoxy groups -OCH3 is 1. The lowest BCUT2D eigenvalue weighted by molar-refractivity contribution is -0.141. The van der Waals surface area contributed by atoms with Crippen LogP contribution in [0, 0.1) is 5.92 Å². The highest BCUT2D eigenvalue weighted by Crippen LogP contribution is 2.29.